The largest absolute Gasteiger partial charge is 0.334 e. The van der Waals surface area contributed by atoms with Crippen molar-refractivity contribution in [1.82, 2.24) is 20.4 Å². The van der Waals surface area contributed by atoms with Gasteiger partial charge in [0.25, 0.3) is 5.91 Å². The first-order valence-corrected chi connectivity index (χ1v) is 8.86. The molecule has 1 saturated heterocycles. The van der Waals surface area contributed by atoms with Gasteiger partial charge in [0.1, 0.15) is 0 Å². The van der Waals surface area contributed by atoms with Gasteiger partial charge in [-0.1, -0.05) is 30.3 Å². The summed E-state index contributed by atoms with van der Waals surface area (Å²) in [6.07, 6.45) is 3.01. The monoisotopic (exact) mass is 324 g/mol. The van der Waals surface area contributed by atoms with Crippen LogP contribution in [-0.4, -0.2) is 40.1 Å². The van der Waals surface area contributed by atoms with Crippen LogP contribution in [0.1, 0.15) is 40.7 Å². The van der Waals surface area contributed by atoms with Gasteiger partial charge in [-0.05, 0) is 31.2 Å². The van der Waals surface area contributed by atoms with Crippen molar-refractivity contribution in [1.29, 1.82) is 0 Å². The van der Waals surface area contributed by atoms with E-state index in [0.717, 1.165) is 50.2 Å². The minimum absolute atomic E-state index is 0.0826. The number of carbonyl (C=O) groups is 1. The van der Waals surface area contributed by atoms with E-state index < -0.39 is 0 Å². The summed E-state index contributed by atoms with van der Waals surface area (Å²) in [5.74, 6) is 0.600. The quantitative estimate of drug-likeness (QED) is 0.909. The number of aromatic nitrogens is 2. The van der Waals surface area contributed by atoms with Crippen LogP contribution in [0, 0.1) is 5.92 Å². The van der Waals surface area contributed by atoms with Gasteiger partial charge in [-0.25, -0.2) is 0 Å². The molecule has 1 amide bonds. The van der Waals surface area contributed by atoms with E-state index in [2.05, 4.69) is 46.7 Å². The fraction of sp³-hybridized carbons (Fsp3) is 0.474. The molecular formula is C19H24N4O. The molecule has 2 unspecified atom stereocenters. The summed E-state index contributed by atoms with van der Waals surface area (Å²) in [4.78, 5) is 15.0. The van der Waals surface area contributed by atoms with E-state index in [1.807, 2.05) is 11.0 Å². The second kappa shape index (κ2) is 6.40. The average Bonchev–Trinajstić information content (AvgIpc) is 3.20. The number of benzene rings is 1. The number of fused-ring (bicyclic) bond motifs is 1. The van der Waals surface area contributed by atoms with Gasteiger partial charge in [0.15, 0.2) is 5.69 Å². The average molecular weight is 324 g/mol. The molecule has 1 fully saturated rings. The number of hydrogen-bond acceptors (Lipinski definition) is 3. The Balaban J connectivity index is 1.49. The Labute approximate surface area is 142 Å². The van der Waals surface area contributed by atoms with Crippen molar-refractivity contribution in [3.8, 4) is 0 Å². The standard InChI is InChI=1S/C19H24N4O/c1-13-15(11-14-5-3-2-4-6-14)8-10-23(13)19(24)18-16-12-20-9-7-17(16)21-22-18/h2-6,13,15,20H,7-12H2,1H3,(H,21,22). The summed E-state index contributed by atoms with van der Waals surface area (Å²) in [6, 6.07) is 10.8. The Kier molecular flexibility index (Phi) is 4.10. The highest BCUT2D eigenvalue weighted by Crippen LogP contribution is 2.29. The van der Waals surface area contributed by atoms with Gasteiger partial charge in [-0.15, -0.1) is 0 Å². The zero-order chi connectivity index (χ0) is 16.5. The van der Waals surface area contributed by atoms with Crippen molar-refractivity contribution < 1.29 is 4.79 Å². The number of nitrogens with one attached hydrogen (secondary N) is 2. The number of likely N-dealkylation sites (tertiary alicyclic amines) is 1. The molecule has 5 heteroatoms. The number of hydrogen-bond donors (Lipinski definition) is 2. The van der Waals surface area contributed by atoms with Gasteiger partial charge >= 0.3 is 0 Å². The summed E-state index contributed by atoms with van der Waals surface area (Å²) in [6.45, 7) is 4.69. The Bertz CT molecular complexity index is 724. The lowest BCUT2D eigenvalue weighted by Crippen LogP contribution is -2.37. The third-order valence-corrected chi connectivity index (χ3v) is 5.53. The summed E-state index contributed by atoms with van der Waals surface area (Å²) in [5, 5.41) is 10.7. The molecule has 0 spiro atoms. The Morgan fingerprint density at radius 2 is 2.17 bits per heavy atom. The highest BCUT2D eigenvalue weighted by molar-refractivity contribution is 5.94. The topological polar surface area (TPSA) is 61.0 Å². The van der Waals surface area contributed by atoms with Crippen LogP contribution in [0.4, 0.5) is 0 Å². The molecule has 1 aromatic heterocycles. The van der Waals surface area contributed by atoms with Crippen LogP contribution < -0.4 is 5.32 Å². The van der Waals surface area contributed by atoms with Crippen molar-refractivity contribution in [3.63, 3.8) is 0 Å². The highest BCUT2D eigenvalue weighted by atomic mass is 16.2. The van der Waals surface area contributed by atoms with Crippen LogP contribution >= 0.6 is 0 Å². The minimum Gasteiger partial charge on any atom is -0.334 e. The lowest BCUT2D eigenvalue weighted by molar-refractivity contribution is 0.0724. The van der Waals surface area contributed by atoms with Crippen molar-refractivity contribution in [3.05, 3.63) is 52.8 Å². The van der Waals surface area contributed by atoms with E-state index in [1.54, 1.807) is 0 Å². The van der Waals surface area contributed by atoms with E-state index in [0.29, 0.717) is 11.6 Å². The van der Waals surface area contributed by atoms with Crippen LogP contribution in [0.3, 0.4) is 0 Å². The molecule has 2 N–H and O–H groups in total. The van der Waals surface area contributed by atoms with E-state index in [4.69, 9.17) is 0 Å². The number of nitrogens with zero attached hydrogens (tertiary/aromatic N) is 2. The van der Waals surface area contributed by atoms with Gasteiger partial charge in [-0.2, -0.15) is 5.10 Å². The fourth-order valence-electron chi connectivity index (χ4n) is 4.02. The molecule has 24 heavy (non-hydrogen) atoms. The number of aromatic amines is 1. The second-order valence-electron chi connectivity index (χ2n) is 6.93. The van der Waals surface area contributed by atoms with Crippen molar-refractivity contribution in [2.45, 2.75) is 38.8 Å². The van der Waals surface area contributed by atoms with Crippen LogP contribution in [-0.2, 0) is 19.4 Å². The molecule has 0 aliphatic carbocycles. The zero-order valence-corrected chi connectivity index (χ0v) is 14.1. The maximum absolute atomic E-state index is 13.0. The van der Waals surface area contributed by atoms with E-state index >= 15 is 0 Å². The van der Waals surface area contributed by atoms with Crippen LogP contribution in [0.15, 0.2) is 30.3 Å². The zero-order valence-electron chi connectivity index (χ0n) is 14.1. The molecule has 126 valence electrons. The number of H-pyrrole nitrogens is 1. The van der Waals surface area contributed by atoms with Gasteiger partial charge in [0, 0.05) is 43.4 Å². The number of amides is 1. The Morgan fingerprint density at radius 3 is 3.00 bits per heavy atom. The fourth-order valence-corrected chi connectivity index (χ4v) is 4.02. The second-order valence-corrected chi connectivity index (χ2v) is 6.93. The van der Waals surface area contributed by atoms with Crippen LogP contribution in [0.25, 0.3) is 0 Å². The third kappa shape index (κ3) is 2.73. The first kappa shape index (κ1) is 15.4. The Hall–Kier alpha value is -2.14. The van der Waals surface area contributed by atoms with Crippen LogP contribution in [0.2, 0.25) is 0 Å². The molecule has 2 atom stereocenters. The molecule has 1 aromatic carbocycles. The SMILES string of the molecule is CC1C(Cc2ccccc2)CCN1C(=O)c1n[nH]c2c1CNCC2. The molecular weight excluding hydrogens is 300 g/mol. The first-order valence-electron chi connectivity index (χ1n) is 8.86. The van der Waals surface area contributed by atoms with Crippen molar-refractivity contribution in [2.24, 2.45) is 5.92 Å². The minimum atomic E-state index is 0.0826. The maximum atomic E-state index is 13.0. The molecule has 2 aliphatic heterocycles. The summed E-state index contributed by atoms with van der Waals surface area (Å²) >= 11 is 0. The first-order chi connectivity index (χ1) is 11.7. The van der Waals surface area contributed by atoms with E-state index in [-0.39, 0.29) is 11.9 Å². The number of carbonyl (C=O) groups excluding carboxylic acids is 1. The number of rotatable bonds is 3. The molecule has 2 aliphatic rings. The normalized spacial score (nSPS) is 23.3. The molecule has 2 aromatic rings. The van der Waals surface area contributed by atoms with E-state index in [9.17, 15) is 4.79 Å². The smallest absolute Gasteiger partial charge is 0.274 e. The lowest BCUT2D eigenvalue weighted by Gasteiger charge is -2.25. The van der Waals surface area contributed by atoms with Crippen molar-refractivity contribution >= 4 is 5.91 Å². The molecule has 0 bridgehead atoms. The van der Waals surface area contributed by atoms with Gasteiger partial charge < -0.3 is 10.2 Å². The predicted octanol–water partition coefficient (Wildman–Crippen LogP) is 2.15. The van der Waals surface area contributed by atoms with Gasteiger partial charge in [0.2, 0.25) is 0 Å². The molecule has 5 nitrogen and oxygen atoms in total. The maximum Gasteiger partial charge on any atom is 0.274 e. The van der Waals surface area contributed by atoms with Crippen LogP contribution in [0.5, 0.6) is 0 Å². The van der Waals surface area contributed by atoms with E-state index in [1.165, 1.54) is 5.56 Å². The molecule has 4 rings (SSSR count). The Morgan fingerprint density at radius 1 is 1.33 bits per heavy atom. The summed E-state index contributed by atoms with van der Waals surface area (Å²) < 4.78 is 0. The molecule has 0 saturated carbocycles. The molecule has 3 heterocycles. The van der Waals surface area contributed by atoms with Gasteiger partial charge in [0.05, 0.1) is 0 Å². The van der Waals surface area contributed by atoms with Gasteiger partial charge in [-0.3, -0.25) is 9.89 Å². The molecule has 0 radical (unpaired) electrons. The summed E-state index contributed by atoms with van der Waals surface area (Å²) in [7, 11) is 0. The lowest BCUT2D eigenvalue weighted by atomic mass is 9.93. The third-order valence-electron chi connectivity index (χ3n) is 5.53. The van der Waals surface area contributed by atoms with Crippen molar-refractivity contribution in [2.75, 3.05) is 13.1 Å². The predicted molar refractivity (Wildman–Crippen MR) is 92.7 cm³/mol. The highest BCUT2D eigenvalue weighted by Gasteiger charge is 2.36. The summed E-state index contributed by atoms with van der Waals surface area (Å²) in [5.41, 5.74) is 4.14.